The second-order valence-corrected chi connectivity index (χ2v) is 6.51. The molecule has 0 spiro atoms. The lowest BCUT2D eigenvalue weighted by Crippen LogP contribution is -2.41. The smallest absolute Gasteiger partial charge is 0.0756 e. The van der Waals surface area contributed by atoms with Crippen molar-refractivity contribution in [1.29, 1.82) is 0 Å². The molecule has 3 fully saturated rings. The van der Waals surface area contributed by atoms with Crippen LogP contribution >= 0.6 is 0 Å². The van der Waals surface area contributed by atoms with Crippen molar-refractivity contribution < 1.29 is 9.47 Å². The molecular formula is C14H25NO2. The van der Waals surface area contributed by atoms with Crippen LogP contribution in [0.15, 0.2) is 0 Å². The van der Waals surface area contributed by atoms with Gasteiger partial charge in [0.25, 0.3) is 0 Å². The van der Waals surface area contributed by atoms with Gasteiger partial charge in [-0.05, 0) is 51.9 Å². The number of rotatable bonds is 4. The van der Waals surface area contributed by atoms with Crippen LogP contribution in [0, 0.1) is 5.92 Å². The lowest BCUT2D eigenvalue weighted by Gasteiger charge is -2.23. The zero-order valence-electron chi connectivity index (χ0n) is 11.1. The fourth-order valence-electron chi connectivity index (χ4n) is 3.22. The fourth-order valence-corrected chi connectivity index (χ4v) is 3.22. The Morgan fingerprint density at radius 3 is 2.65 bits per heavy atom. The van der Waals surface area contributed by atoms with Crippen molar-refractivity contribution in [3.8, 4) is 0 Å². The van der Waals surface area contributed by atoms with Crippen molar-refractivity contribution in [1.82, 2.24) is 5.32 Å². The molecular weight excluding hydrogens is 214 g/mol. The molecule has 1 aliphatic carbocycles. The second-order valence-electron chi connectivity index (χ2n) is 6.51. The third-order valence-corrected chi connectivity index (χ3v) is 4.38. The minimum Gasteiger partial charge on any atom is -0.376 e. The first-order valence-corrected chi connectivity index (χ1v) is 7.17. The highest BCUT2D eigenvalue weighted by atomic mass is 16.5. The highest BCUT2D eigenvalue weighted by Gasteiger charge is 2.41. The van der Waals surface area contributed by atoms with Gasteiger partial charge in [-0.25, -0.2) is 0 Å². The molecule has 0 aromatic heterocycles. The van der Waals surface area contributed by atoms with Gasteiger partial charge in [0.05, 0.1) is 17.8 Å². The highest BCUT2D eigenvalue weighted by Crippen LogP contribution is 2.39. The number of ether oxygens (including phenoxy) is 2. The van der Waals surface area contributed by atoms with Crippen molar-refractivity contribution in [2.75, 3.05) is 13.2 Å². The van der Waals surface area contributed by atoms with E-state index in [1.165, 1.54) is 32.1 Å². The van der Waals surface area contributed by atoms with Crippen LogP contribution in [0.25, 0.3) is 0 Å². The maximum Gasteiger partial charge on any atom is 0.0756 e. The molecule has 0 radical (unpaired) electrons. The van der Waals surface area contributed by atoms with Crippen LogP contribution < -0.4 is 5.32 Å². The Morgan fingerprint density at radius 2 is 2.00 bits per heavy atom. The SMILES string of the molecule is CC1(C)CCC(CNC2CCOC2C2CC2)O1. The van der Waals surface area contributed by atoms with Gasteiger partial charge in [0.2, 0.25) is 0 Å². The summed E-state index contributed by atoms with van der Waals surface area (Å²) in [5.74, 6) is 0.843. The summed E-state index contributed by atoms with van der Waals surface area (Å²) in [7, 11) is 0. The monoisotopic (exact) mass is 239 g/mol. The van der Waals surface area contributed by atoms with Crippen molar-refractivity contribution in [3.05, 3.63) is 0 Å². The summed E-state index contributed by atoms with van der Waals surface area (Å²) in [5.41, 5.74) is 0.0917. The maximum absolute atomic E-state index is 6.02. The summed E-state index contributed by atoms with van der Waals surface area (Å²) in [6.45, 7) is 6.33. The van der Waals surface area contributed by atoms with E-state index in [4.69, 9.17) is 9.47 Å². The number of hydrogen-bond donors (Lipinski definition) is 1. The summed E-state index contributed by atoms with van der Waals surface area (Å²) < 4.78 is 11.9. The van der Waals surface area contributed by atoms with Crippen LogP contribution in [-0.2, 0) is 9.47 Å². The van der Waals surface area contributed by atoms with Gasteiger partial charge in [0.15, 0.2) is 0 Å². The molecule has 3 rings (SSSR count). The van der Waals surface area contributed by atoms with E-state index in [1.54, 1.807) is 0 Å². The summed E-state index contributed by atoms with van der Waals surface area (Å²) >= 11 is 0. The second kappa shape index (κ2) is 4.52. The third kappa shape index (κ3) is 2.83. The van der Waals surface area contributed by atoms with Crippen molar-refractivity contribution in [2.45, 2.75) is 69.8 Å². The Bertz CT molecular complexity index is 275. The highest BCUT2D eigenvalue weighted by molar-refractivity contribution is 4.94. The minimum absolute atomic E-state index is 0.0917. The molecule has 1 saturated carbocycles. The molecule has 17 heavy (non-hydrogen) atoms. The zero-order valence-corrected chi connectivity index (χ0v) is 11.1. The first kappa shape index (κ1) is 11.9. The standard InChI is InChI=1S/C14H25NO2/c1-14(2)7-5-11(17-14)9-15-12-6-8-16-13(12)10-3-4-10/h10-13,15H,3-9H2,1-2H3. The van der Waals surface area contributed by atoms with Gasteiger partial charge in [-0.15, -0.1) is 0 Å². The Hall–Kier alpha value is -0.120. The van der Waals surface area contributed by atoms with Crippen molar-refractivity contribution >= 4 is 0 Å². The Morgan fingerprint density at radius 1 is 1.18 bits per heavy atom. The Labute approximate surface area is 104 Å². The number of nitrogens with one attached hydrogen (secondary N) is 1. The lowest BCUT2D eigenvalue weighted by molar-refractivity contribution is -0.0165. The normalized spacial score (nSPS) is 40.9. The Balaban J connectivity index is 1.44. The molecule has 98 valence electrons. The first-order chi connectivity index (χ1) is 8.14. The summed E-state index contributed by atoms with van der Waals surface area (Å²) in [4.78, 5) is 0. The molecule has 0 aromatic rings. The zero-order chi connectivity index (χ0) is 11.9. The van der Waals surface area contributed by atoms with Crippen LogP contribution in [0.4, 0.5) is 0 Å². The van der Waals surface area contributed by atoms with Gasteiger partial charge in [0.1, 0.15) is 0 Å². The third-order valence-electron chi connectivity index (χ3n) is 4.38. The summed E-state index contributed by atoms with van der Waals surface area (Å²) in [6.07, 6.45) is 7.20. The molecule has 0 amide bonds. The van der Waals surface area contributed by atoms with Gasteiger partial charge in [0, 0.05) is 19.2 Å². The van der Waals surface area contributed by atoms with E-state index in [0.717, 1.165) is 19.1 Å². The molecule has 2 heterocycles. The molecule has 3 heteroatoms. The van der Waals surface area contributed by atoms with E-state index >= 15 is 0 Å². The minimum atomic E-state index is 0.0917. The number of hydrogen-bond acceptors (Lipinski definition) is 3. The van der Waals surface area contributed by atoms with Crippen LogP contribution in [0.5, 0.6) is 0 Å². The average Bonchev–Trinajstić information content (AvgIpc) is 2.91. The summed E-state index contributed by atoms with van der Waals surface area (Å²) in [5, 5.41) is 3.68. The van der Waals surface area contributed by atoms with E-state index in [2.05, 4.69) is 19.2 Å². The first-order valence-electron chi connectivity index (χ1n) is 7.17. The Kier molecular flexibility index (Phi) is 3.18. The van der Waals surface area contributed by atoms with E-state index in [0.29, 0.717) is 18.2 Å². The van der Waals surface area contributed by atoms with E-state index in [1.807, 2.05) is 0 Å². The molecule has 3 aliphatic rings. The van der Waals surface area contributed by atoms with Crippen LogP contribution in [-0.4, -0.2) is 37.0 Å². The van der Waals surface area contributed by atoms with Gasteiger partial charge in [-0.2, -0.15) is 0 Å². The molecule has 3 nitrogen and oxygen atoms in total. The molecule has 3 unspecified atom stereocenters. The van der Waals surface area contributed by atoms with E-state index in [-0.39, 0.29) is 5.60 Å². The predicted molar refractivity (Wildman–Crippen MR) is 67.1 cm³/mol. The van der Waals surface area contributed by atoms with Crippen LogP contribution in [0.2, 0.25) is 0 Å². The molecule has 2 aliphatic heterocycles. The van der Waals surface area contributed by atoms with Gasteiger partial charge >= 0.3 is 0 Å². The van der Waals surface area contributed by atoms with E-state index < -0.39 is 0 Å². The summed E-state index contributed by atoms with van der Waals surface area (Å²) in [6, 6.07) is 0.579. The maximum atomic E-state index is 6.02. The van der Waals surface area contributed by atoms with Crippen molar-refractivity contribution in [2.24, 2.45) is 5.92 Å². The average molecular weight is 239 g/mol. The van der Waals surface area contributed by atoms with Crippen molar-refractivity contribution in [3.63, 3.8) is 0 Å². The van der Waals surface area contributed by atoms with Crippen LogP contribution in [0.3, 0.4) is 0 Å². The molecule has 0 bridgehead atoms. The lowest BCUT2D eigenvalue weighted by atomic mass is 10.0. The quantitative estimate of drug-likeness (QED) is 0.815. The molecule has 2 saturated heterocycles. The molecule has 0 aromatic carbocycles. The van der Waals surface area contributed by atoms with Crippen LogP contribution in [0.1, 0.15) is 46.0 Å². The van der Waals surface area contributed by atoms with Gasteiger partial charge in [-0.1, -0.05) is 0 Å². The van der Waals surface area contributed by atoms with E-state index in [9.17, 15) is 0 Å². The fraction of sp³-hybridized carbons (Fsp3) is 1.00. The van der Waals surface area contributed by atoms with Gasteiger partial charge in [-0.3, -0.25) is 0 Å². The largest absolute Gasteiger partial charge is 0.376 e. The molecule has 1 N–H and O–H groups in total. The van der Waals surface area contributed by atoms with Gasteiger partial charge < -0.3 is 14.8 Å². The predicted octanol–water partition coefficient (Wildman–Crippen LogP) is 2.10. The molecule has 3 atom stereocenters. The topological polar surface area (TPSA) is 30.5 Å².